The van der Waals surface area contributed by atoms with Crippen LogP contribution in [-0.4, -0.2) is 25.9 Å². The van der Waals surface area contributed by atoms with Gasteiger partial charge in [0.05, 0.1) is 0 Å². The number of hydrogen-bond acceptors (Lipinski definition) is 4. The molecule has 8 heteroatoms. The molecule has 0 saturated heterocycles. The lowest BCUT2D eigenvalue weighted by molar-refractivity contribution is -0.274. The van der Waals surface area contributed by atoms with Crippen LogP contribution < -0.4 is 4.74 Å². The highest BCUT2D eigenvalue weighted by atomic mass is 19.4. The van der Waals surface area contributed by atoms with Gasteiger partial charge in [0.25, 0.3) is 5.78 Å². The Balaban J connectivity index is 1.99. The zero-order valence-electron chi connectivity index (χ0n) is 10.8. The van der Waals surface area contributed by atoms with Crippen LogP contribution in [-0.2, 0) is 0 Å². The van der Waals surface area contributed by atoms with Gasteiger partial charge in [-0.1, -0.05) is 12.1 Å². The standard InChI is InChI=1S/C13H9F3N4O/c1-8-18-12-17-6-10(7-20(12)19-8)9-3-2-4-11(5-9)21-13(14,15)16/h2-7H,1H3. The summed E-state index contributed by atoms with van der Waals surface area (Å²) in [5.74, 6) is 0.711. The molecule has 2 aromatic heterocycles. The third-order valence-corrected chi connectivity index (χ3v) is 2.70. The predicted molar refractivity (Wildman–Crippen MR) is 67.6 cm³/mol. The Morgan fingerprint density at radius 1 is 1.19 bits per heavy atom. The first-order valence-corrected chi connectivity index (χ1v) is 5.96. The van der Waals surface area contributed by atoms with Crippen LogP contribution in [0.15, 0.2) is 36.7 Å². The Hall–Kier alpha value is -2.64. The first-order valence-electron chi connectivity index (χ1n) is 5.96. The van der Waals surface area contributed by atoms with Crippen molar-refractivity contribution in [3.63, 3.8) is 0 Å². The van der Waals surface area contributed by atoms with Gasteiger partial charge in [-0.3, -0.25) is 0 Å². The molecule has 0 aliphatic heterocycles. The maximum Gasteiger partial charge on any atom is 0.573 e. The smallest absolute Gasteiger partial charge is 0.406 e. The van der Waals surface area contributed by atoms with E-state index in [0.29, 0.717) is 22.7 Å². The number of nitrogens with zero attached hydrogens (tertiary/aromatic N) is 4. The Labute approximate surface area is 117 Å². The number of aromatic nitrogens is 4. The molecule has 2 heterocycles. The number of halogens is 3. The van der Waals surface area contributed by atoms with Crippen LogP contribution in [0.3, 0.4) is 0 Å². The van der Waals surface area contributed by atoms with Gasteiger partial charge in [-0.15, -0.1) is 13.2 Å². The van der Waals surface area contributed by atoms with Gasteiger partial charge in [-0.25, -0.2) is 9.50 Å². The van der Waals surface area contributed by atoms with Crippen molar-refractivity contribution in [1.29, 1.82) is 0 Å². The lowest BCUT2D eigenvalue weighted by Gasteiger charge is -2.10. The molecule has 0 aliphatic rings. The van der Waals surface area contributed by atoms with Crippen LogP contribution in [0.2, 0.25) is 0 Å². The Morgan fingerprint density at radius 3 is 2.76 bits per heavy atom. The van der Waals surface area contributed by atoms with E-state index in [4.69, 9.17) is 0 Å². The molecule has 0 saturated carbocycles. The molecule has 0 aliphatic carbocycles. The van der Waals surface area contributed by atoms with E-state index in [1.807, 2.05) is 0 Å². The fourth-order valence-electron chi connectivity index (χ4n) is 1.91. The minimum absolute atomic E-state index is 0.283. The molecule has 0 atom stereocenters. The van der Waals surface area contributed by atoms with Gasteiger partial charge in [0.15, 0.2) is 0 Å². The first-order chi connectivity index (χ1) is 9.90. The molecule has 0 amide bonds. The van der Waals surface area contributed by atoms with Gasteiger partial charge in [0, 0.05) is 18.0 Å². The van der Waals surface area contributed by atoms with Crippen LogP contribution in [0.1, 0.15) is 5.82 Å². The van der Waals surface area contributed by atoms with Crippen LogP contribution >= 0.6 is 0 Å². The van der Waals surface area contributed by atoms with E-state index >= 15 is 0 Å². The number of aryl methyl sites for hydroxylation is 1. The van der Waals surface area contributed by atoms with E-state index in [0.717, 1.165) is 0 Å². The second-order valence-electron chi connectivity index (χ2n) is 4.32. The maximum atomic E-state index is 12.2. The van der Waals surface area contributed by atoms with Crippen molar-refractivity contribution in [2.24, 2.45) is 0 Å². The molecule has 3 aromatic rings. The van der Waals surface area contributed by atoms with Crippen molar-refractivity contribution in [2.75, 3.05) is 0 Å². The molecule has 108 valence electrons. The molecule has 5 nitrogen and oxygen atoms in total. The van der Waals surface area contributed by atoms with Gasteiger partial charge in [0.1, 0.15) is 11.6 Å². The van der Waals surface area contributed by atoms with E-state index < -0.39 is 6.36 Å². The minimum atomic E-state index is -4.72. The van der Waals surface area contributed by atoms with E-state index in [9.17, 15) is 13.2 Å². The second kappa shape index (κ2) is 4.72. The summed E-state index contributed by atoms with van der Waals surface area (Å²) in [5.41, 5.74) is 1.15. The van der Waals surface area contributed by atoms with E-state index in [1.54, 1.807) is 19.2 Å². The second-order valence-corrected chi connectivity index (χ2v) is 4.32. The maximum absolute atomic E-state index is 12.2. The average Bonchev–Trinajstić information content (AvgIpc) is 2.76. The fraction of sp³-hybridized carbons (Fsp3) is 0.154. The monoisotopic (exact) mass is 294 g/mol. The molecule has 3 rings (SSSR count). The van der Waals surface area contributed by atoms with E-state index in [1.165, 1.54) is 28.9 Å². The van der Waals surface area contributed by atoms with Crippen molar-refractivity contribution >= 4 is 5.78 Å². The summed E-state index contributed by atoms with van der Waals surface area (Å²) in [6.07, 6.45) is -1.55. The van der Waals surface area contributed by atoms with Crippen molar-refractivity contribution in [1.82, 2.24) is 19.6 Å². The SMILES string of the molecule is Cc1nc2ncc(-c3cccc(OC(F)(F)F)c3)cn2n1. The Kier molecular flexibility index (Phi) is 3.00. The quantitative estimate of drug-likeness (QED) is 0.729. The largest absolute Gasteiger partial charge is 0.573 e. The number of alkyl halides is 3. The zero-order valence-corrected chi connectivity index (χ0v) is 10.8. The normalized spacial score (nSPS) is 11.8. The van der Waals surface area contributed by atoms with Crippen molar-refractivity contribution in [3.8, 4) is 16.9 Å². The summed E-state index contributed by atoms with van der Waals surface area (Å²) in [5, 5.41) is 4.11. The summed E-state index contributed by atoms with van der Waals surface area (Å²) in [6.45, 7) is 1.73. The van der Waals surface area contributed by atoms with Gasteiger partial charge in [-0.05, 0) is 24.6 Å². The number of rotatable bonds is 2. The number of fused-ring (bicyclic) bond motifs is 1. The highest BCUT2D eigenvalue weighted by Crippen LogP contribution is 2.27. The average molecular weight is 294 g/mol. The topological polar surface area (TPSA) is 52.3 Å². The summed E-state index contributed by atoms with van der Waals surface area (Å²) < 4.78 is 42.1. The van der Waals surface area contributed by atoms with E-state index in [-0.39, 0.29) is 5.75 Å². The van der Waals surface area contributed by atoms with Crippen LogP contribution in [0.5, 0.6) is 5.75 Å². The van der Waals surface area contributed by atoms with Crippen molar-refractivity contribution in [3.05, 3.63) is 42.5 Å². The molecule has 0 bridgehead atoms. The molecular formula is C13H9F3N4O. The number of ether oxygens (including phenoxy) is 1. The molecule has 0 N–H and O–H groups in total. The zero-order chi connectivity index (χ0) is 15.0. The van der Waals surface area contributed by atoms with Crippen LogP contribution in [0.25, 0.3) is 16.9 Å². The van der Waals surface area contributed by atoms with Crippen LogP contribution in [0, 0.1) is 6.92 Å². The van der Waals surface area contributed by atoms with Crippen LogP contribution in [0.4, 0.5) is 13.2 Å². The molecule has 21 heavy (non-hydrogen) atoms. The number of hydrogen-bond donors (Lipinski definition) is 0. The summed E-state index contributed by atoms with van der Waals surface area (Å²) in [7, 11) is 0. The number of benzene rings is 1. The van der Waals surface area contributed by atoms with Gasteiger partial charge in [-0.2, -0.15) is 10.1 Å². The molecule has 0 fully saturated rings. The summed E-state index contributed by atoms with van der Waals surface area (Å²) in [4.78, 5) is 8.19. The first kappa shape index (κ1) is 13.3. The fourth-order valence-corrected chi connectivity index (χ4v) is 1.91. The lowest BCUT2D eigenvalue weighted by atomic mass is 10.1. The Bertz CT molecular complexity index is 797. The third-order valence-electron chi connectivity index (χ3n) is 2.70. The summed E-state index contributed by atoms with van der Waals surface area (Å²) in [6, 6.07) is 5.67. The lowest BCUT2D eigenvalue weighted by Crippen LogP contribution is -2.17. The highest BCUT2D eigenvalue weighted by molar-refractivity contribution is 5.64. The predicted octanol–water partition coefficient (Wildman–Crippen LogP) is 3.00. The third kappa shape index (κ3) is 2.93. The summed E-state index contributed by atoms with van der Waals surface area (Å²) >= 11 is 0. The highest BCUT2D eigenvalue weighted by Gasteiger charge is 2.31. The van der Waals surface area contributed by atoms with Gasteiger partial charge in [0.2, 0.25) is 0 Å². The minimum Gasteiger partial charge on any atom is -0.406 e. The molecule has 0 unspecified atom stereocenters. The molecular weight excluding hydrogens is 285 g/mol. The van der Waals surface area contributed by atoms with Crippen molar-refractivity contribution in [2.45, 2.75) is 13.3 Å². The Morgan fingerprint density at radius 2 is 2.00 bits per heavy atom. The molecule has 0 spiro atoms. The van der Waals surface area contributed by atoms with Gasteiger partial charge >= 0.3 is 6.36 Å². The van der Waals surface area contributed by atoms with Gasteiger partial charge < -0.3 is 4.74 Å². The molecule has 0 radical (unpaired) electrons. The molecule has 1 aromatic carbocycles. The van der Waals surface area contributed by atoms with E-state index in [2.05, 4.69) is 19.8 Å². The van der Waals surface area contributed by atoms with Crippen molar-refractivity contribution < 1.29 is 17.9 Å².